The number of hydrogen-bond acceptors (Lipinski definition) is 4. The van der Waals surface area contributed by atoms with E-state index in [1.807, 2.05) is 0 Å². The van der Waals surface area contributed by atoms with Crippen LogP contribution in [0, 0.1) is 0 Å². The van der Waals surface area contributed by atoms with Crippen molar-refractivity contribution in [3.63, 3.8) is 0 Å². The Bertz CT molecular complexity index is 822. The van der Waals surface area contributed by atoms with Crippen molar-refractivity contribution in [1.29, 1.82) is 0 Å². The van der Waals surface area contributed by atoms with E-state index in [9.17, 15) is 9.59 Å². The second kappa shape index (κ2) is 7.54. The Morgan fingerprint density at radius 2 is 1.92 bits per heavy atom. The van der Waals surface area contributed by atoms with Crippen LogP contribution in [0.5, 0.6) is 0 Å². The lowest BCUT2D eigenvalue weighted by atomic mass is 9.97. The largest absolute Gasteiger partial charge is 0.371 e. The first-order valence-corrected chi connectivity index (χ1v) is 9.99. The van der Waals surface area contributed by atoms with Gasteiger partial charge in [-0.2, -0.15) is 0 Å². The molecule has 1 N–H and O–H groups in total. The van der Waals surface area contributed by atoms with Crippen molar-refractivity contribution in [2.45, 2.75) is 30.9 Å². The minimum Gasteiger partial charge on any atom is -0.371 e. The maximum absolute atomic E-state index is 11.8. The Kier molecular flexibility index (Phi) is 4.98. The molecule has 1 saturated heterocycles. The third-order valence-electron chi connectivity index (χ3n) is 5.06. The van der Waals surface area contributed by atoms with E-state index in [0.29, 0.717) is 6.42 Å². The van der Waals surface area contributed by atoms with Crippen LogP contribution >= 0.6 is 11.8 Å². The molecule has 1 unspecified atom stereocenters. The Morgan fingerprint density at radius 3 is 2.69 bits per heavy atom. The summed E-state index contributed by atoms with van der Waals surface area (Å²) in [6.45, 7) is 2.11. The fraction of sp³-hybridized carbons (Fsp3) is 0.333. The van der Waals surface area contributed by atoms with Gasteiger partial charge in [0.2, 0.25) is 5.91 Å². The highest BCUT2D eigenvalue weighted by atomic mass is 32.2. The molecule has 2 aromatic carbocycles. The van der Waals surface area contributed by atoms with Crippen molar-refractivity contribution in [2.24, 2.45) is 0 Å². The molecule has 4 rings (SSSR count). The second-order valence-electron chi connectivity index (χ2n) is 6.88. The predicted octanol–water partition coefficient (Wildman–Crippen LogP) is 3.58. The highest BCUT2D eigenvalue weighted by Gasteiger charge is 2.31. The molecule has 0 spiro atoms. The number of thioether (sulfide) groups is 1. The molecule has 4 nitrogen and oxygen atoms in total. The average molecular weight is 366 g/mol. The summed E-state index contributed by atoms with van der Waals surface area (Å²) in [6.07, 6.45) is 3.89. The molecule has 2 aromatic rings. The molecule has 0 aliphatic carbocycles. The number of fused-ring (bicyclic) bond motifs is 1. The molecule has 1 fully saturated rings. The number of carbonyl (C=O) groups is 2. The number of benzene rings is 2. The summed E-state index contributed by atoms with van der Waals surface area (Å²) in [7, 11) is 0. The van der Waals surface area contributed by atoms with Crippen LogP contribution in [-0.4, -0.2) is 29.5 Å². The van der Waals surface area contributed by atoms with Gasteiger partial charge in [0.1, 0.15) is 0 Å². The summed E-state index contributed by atoms with van der Waals surface area (Å²) in [5, 5.41) is 1.84. The Morgan fingerprint density at radius 1 is 1.08 bits per heavy atom. The molecular formula is C21H22N2O2S. The third kappa shape index (κ3) is 3.78. The van der Waals surface area contributed by atoms with Gasteiger partial charge in [0.15, 0.2) is 0 Å². The van der Waals surface area contributed by atoms with Crippen molar-refractivity contribution in [3.8, 4) is 0 Å². The van der Waals surface area contributed by atoms with Crippen molar-refractivity contribution in [2.75, 3.05) is 18.0 Å². The first-order valence-electron chi connectivity index (χ1n) is 9.11. The molecule has 134 valence electrons. The Labute approximate surface area is 158 Å². The maximum Gasteiger partial charge on any atom is 0.286 e. The normalized spacial score (nSPS) is 19.4. The van der Waals surface area contributed by atoms with E-state index in [2.05, 4.69) is 58.7 Å². The fourth-order valence-corrected chi connectivity index (χ4v) is 4.60. The van der Waals surface area contributed by atoms with Gasteiger partial charge >= 0.3 is 0 Å². The van der Waals surface area contributed by atoms with Gasteiger partial charge < -0.3 is 4.90 Å². The molecule has 2 heterocycles. The van der Waals surface area contributed by atoms with Crippen LogP contribution in [0.25, 0.3) is 0 Å². The number of nitrogens with zero attached hydrogens (tertiary/aromatic N) is 1. The summed E-state index contributed by atoms with van der Waals surface area (Å²) < 4.78 is 0. The van der Waals surface area contributed by atoms with Crippen LogP contribution in [0.2, 0.25) is 0 Å². The van der Waals surface area contributed by atoms with E-state index in [0.717, 1.165) is 49.7 Å². The van der Waals surface area contributed by atoms with Gasteiger partial charge in [0, 0.05) is 18.8 Å². The number of carbonyl (C=O) groups excluding carboxylic acids is 2. The fourth-order valence-electron chi connectivity index (χ4n) is 3.74. The molecule has 5 heteroatoms. The van der Waals surface area contributed by atoms with Crippen molar-refractivity contribution in [3.05, 3.63) is 65.2 Å². The molecule has 2 aliphatic heterocycles. The highest BCUT2D eigenvalue weighted by Crippen LogP contribution is 2.30. The lowest BCUT2D eigenvalue weighted by Gasteiger charge is -2.32. The maximum atomic E-state index is 11.8. The number of nitrogens with one attached hydrogen (secondary N) is 1. The van der Waals surface area contributed by atoms with Crippen LogP contribution < -0.4 is 10.2 Å². The van der Waals surface area contributed by atoms with Crippen LogP contribution in [0.4, 0.5) is 10.5 Å². The molecule has 0 saturated carbocycles. The average Bonchev–Trinajstić information content (AvgIpc) is 2.97. The summed E-state index contributed by atoms with van der Waals surface area (Å²) in [6, 6.07) is 17.1. The van der Waals surface area contributed by atoms with Gasteiger partial charge in [-0.25, -0.2) is 0 Å². The standard InChI is InChI=1S/C21H22N2O2S/c24-20-19(26-21(25)22-20)14-16-8-9-18-17(13-16)7-4-11-23(18)12-10-15-5-2-1-3-6-15/h1-3,5-6,8-9,13,19H,4,7,10-12,14H2,(H,22,24,25). The van der Waals surface area contributed by atoms with Gasteiger partial charge in [0.25, 0.3) is 5.24 Å². The lowest BCUT2D eigenvalue weighted by Crippen LogP contribution is -2.31. The van der Waals surface area contributed by atoms with E-state index < -0.39 is 0 Å². The number of rotatable bonds is 5. The molecule has 26 heavy (non-hydrogen) atoms. The third-order valence-corrected chi connectivity index (χ3v) is 6.04. The van der Waals surface area contributed by atoms with E-state index >= 15 is 0 Å². The first kappa shape index (κ1) is 17.2. The van der Waals surface area contributed by atoms with Crippen molar-refractivity contribution >= 4 is 28.6 Å². The van der Waals surface area contributed by atoms with Crippen LogP contribution in [0.15, 0.2) is 48.5 Å². The minimum absolute atomic E-state index is 0.165. The summed E-state index contributed by atoms with van der Waals surface area (Å²) in [4.78, 5) is 25.6. The second-order valence-corrected chi connectivity index (χ2v) is 8.05. The number of aryl methyl sites for hydroxylation is 1. The number of hydrogen-bond donors (Lipinski definition) is 1. The molecule has 2 amide bonds. The SMILES string of the molecule is O=C1NC(=O)C(Cc2ccc3c(c2)CCCN3CCc2ccccc2)S1. The van der Waals surface area contributed by atoms with Crippen LogP contribution in [-0.2, 0) is 24.1 Å². The van der Waals surface area contributed by atoms with Gasteiger partial charge in [-0.1, -0.05) is 54.2 Å². The van der Waals surface area contributed by atoms with Crippen LogP contribution in [0.3, 0.4) is 0 Å². The molecule has 0 bridgehead atoms. The van der Waals surface area contributed by atoms with Crippen molar-refractivity contribution < 1.29 is 9.59 Å². The molecule has 0 aromatic heterocycles. The van der Waals surface area contributed by atoms with Gasteiger partial charge in [0.05, 0.1) is 5.25 Å². The Balaban J connectivity index is 1.45. The lowest BCUT2D eigenvalue weighted by molar-refractivity contribution is -0.118. The van der Waals surface area contributed by atoms with E-state index in [1.54, 1.807) is 0 Å². The topological polar surface area (TPSA) is 49.4 Å². The monoisotopic (exact) mass is 366 g/mol. The molecule has 0 radical (unpaired) electrons. The van der Waals surface area contributed by atoms with Gasteiger partial charge in [-0.3, -0.25) is 14.9 Å². The van der Waals surface area contributed by atoms with Crippen molar-refractivity contribution in [1.82, 2.24) is 5.32 Å². The van der Waals surface area contributed by atoms with Gasteiger partial charge in [-0.15, -0.1) is 0 Å². The smallest absolute Gasteiger partial charge is 0.286 e. The van der Waals surface area contributed by atoms with E-state index in [1.165, 1.54) is 16.8 Å². The summed E-state index contributed by atoms with van der Waals surface area (Å²) in [5.41, 5.74) is 5.17. The zero-order valence-electron chi connectivity index (χ0n) is 14.6. The summed E-state index contributed by atoms with van der Waals surface area (Å²) in [5.74, 6) is -0.165. The molecule has 2 aliphatic rings. The van der Waals surface area contributed by atoms with Crippen LogP contribution in [0.1, 0.15) is 23.1 Å². The first-order chi connectivity index (χ1) is 12.7. The summed E-state index contributed by atoms with van der Waals surface area (Å²) >= 11 is 1.10. The minimum atomic E-state index is -0.293. The van der Waals surface area contributed by atoms with Gasteiger partial charge in [-0.05, 0) is 48.4 Å². The zero-order chi connectivity index (χ0) is 17.9. The highest BCUT2D eigenvalue weighted by molar-refractivity contribution is 8.15. The number of anilines is 1. The van der Waals surface area contributed by atoms with E-state index in [4.69, 9.17) is 0 Å². The zero-order valence-corrected chi connectivity index (χ0v) is 15.4. The molecular weight excluding hydrogens is 344 g/mol. The van der Waals surface area contributed by atoms with E-state index in [-0.39, 0.29) is 16.4 Å². The Hall–Kier alpha value is -2.27. The quantitative estimate of drug-likeness (QED) is 0.879. The number of amides is 2. The predicted molar refractivity (Wildman–Crippen MR) is 106 cm³/mol. The number of imide groups is 1. The molecule has 1 atom stereocenters.